The summed E-state index contributed by atoms with van der Waals surface area (Å²) in [7, 11) is 0. The van der Waals surface area contributed by atoms with Gasteiger partial charge in [0.2, 0.25) is 11.0 Å². The van der Waals surface area contributed by atoms with Crippen LogP contribution >= 0.6 is 11.3 Å². The number of nitrogens with one attached hydrogen (secondary N) is 1. The second-order valence-electron chi connectivity index (χ2n) is 6.67. The summed E-state index contributed by atoms with van der Waals surface area (Å²) in [6.07, 6.45) is 1.55. The SMILES string of the molecule is Cc1nnc(NC(=O)c2cn(Cc3ccc(F)cc3)nc2OCc2ccc(F)cc2)s1. The van der Waals surface area contributed by atoms with Crippen molar-refractivity contribution in [3.63, 3.8) is 0 Å². The number of hydrogen-bond acceptors (Lipinski definition) is 6. The smallest absolute Gasteiger partial charge is 0.264 e. The van der Waals surface area contributed by atoms with Crippen LogP contribution in [-0.2, 0) is 13.2 Å². The lowest BCUT2D eigenvalue weighted by Gasteiger charge is -2.06. The van der Waals surface area contributed by atoms with Gasteiger partial charge in [0.25, 0.3) is 5.91 Å². The Balaban J connectivity index is 1.56. The Hall–Kier alpha value is -3.66. The number of carbonyl (C=O) groups is 1. The second-order valence-corrected chi connectivity index (χ2v) is 7.85. The normalized spacial score (nSPS) is 10.8. The van der Waals surface area contributed by atoms with Crippen molar-refractivity contribution in [2.24, 2.45) is 0 Å². The number of aryl methyl sites for hydroxylation is 1. The first-order valence-corrected chi connectivity index (χ1v) is 10.1. The number of ether oxygens (including phenoxy) is 1. The molecule has 0 saturated heterocycles. The minimum absolute atomic E-state index is 0.103. The zero-order valence-electron chi connectivity index (χ0n) is 16.4. The molecule has 1 amide bonds. The standard InChI is InChI=1S/C21H17F2N5O2S/c1-13-25-26-21(31-13)24-19(29)18-11-28(10-14-2-6-16(22)7-3-14)27-20(18)30-12-15-4-8-17(23)9-5-15/h2-9,11H,10,12H2,1H3,(H,24,26,29). The molecule has 2 heterocycles. The van der Waals surface area contributed by atoms with Crippen molar-refractivity contribution in [2.45, 2.75) is 20.1 Å². The summed E-state index contributed by atoms with van der Waals surface area (Å²) >= 11 is 1.25. The Morgan fingerprint density at radius 3 is 2.29 bits per heavy atom. The lowest BCUT2D eigenvalue weighted by molar-refractivity contribution is 0.102. The van der Waals surface area contributed by atoms with Gasteiger partial charge in [0.05, 0.1) is 6.54 Å². The van der Waals surface area contributed by atoms with Crippen molar-refractivity contribution in [3.8, 4) is 5.88 Å². The van der Waals surface area contributed by atoms with Crippen molar-refractivity contribution >= 4 is 22.4 Å². The van der Waals surface area contributed by atoms with Gasteiger partial charge in [-0.25, -0.2) is 8.78 Å². The molecule has 10 heteroatoms. The minimum atomic E-state index is -0.449. The molecule has 0 aliphatic carbocycles. The van der Waals surface area contributed by atoms with Gasteiger partial charge < -0.3 is 4.74 Å². The fourth-order valence-electron chi connectivity index (χ4n) is 2.77. The van der Waals surface area contributed by atoms with Gasteiger partial charge in [0, 0.05) is 6.20 Å². The Morgan fingerprint density at radius 2 is 1.68 bits per heavy atom. The molecule has 0 atom stereocenters. The number of halogens is 2. The zero-order valence-corrected chi connectivity index (χ0v) is 17.2. The molecule has 1 N–H and O–H groups in total. The van der Waals surface area contributed by atoms with Crippen LogP contribution in [0.1, 0.15) is 26.5 Å². The summed E-state index contributed by atoms with van der Waals surface area (Å²) in [6, 6.07) is 11.8. The third-order valence-electron chi connectivity index (χ3n) is 4.27. The van der Waals surface area contributed by atoms with Crippen molar-refractivity contribution in [3.05, 3.63) is 88.1 Å². The van der Waals surface area contributed by atoms with Crippen LogP contribution in [-0.4, -0.2) is 25.9 Å². The summed E-state index contributed by atoms with van der Waals surface area (Å²) < 4.78 is 33.6. The Morgan fingerprint density at radius 1 is 1.03 bits per heavy atom. The highest BCUT2D eigenvalue weighted by Gasteiger charge is 2.20. The van der Waals surface area contributed by atoms with Gasteiger partial charge in [0.1, 0.15) is 28.8 Å². The zero-order chi connectivity index (χ0) is 21.8. The van der Waals surface area contributed by atoms with Crippen LogP contribution in [0.25, 0.3) is 0 Å². The number of benzene rings is 2. The van der Waals surface area contributed by atoms with E-state index in [1.807, 2.05) is 0 Å². The van der Waals surface area contributed by atoms with E-state index in [-0.39, 0.29) is 29.7 Å². The van der Waals surface area contributed by atoms with Crippen LogP contribution in [0.4, 0.5) is 13.9 Å². The maximum absolute atomic E-state index is 13.2. The quantitative estimate of drug-likeness (QED) is 0.465. The predicted octanol–water partition coefficient (Wildman–Crippen LogP) is 4.20. The largest absolute Gasteiger partial charge is 0.471 e. The molecule has 0 aliphatic heterocycles. The topological polar surface area (TPSA) is 81.9 Å². The molecule has 31 heavy (non-hydrogen) atoms. The van der Waals surface area contributed by atoms with E-state index in [2.05, 4.69) is 20.6 Å². The van der Waals surface area contributed by atoms with Gasteiger partial charge in [-0.15, -0.1) is 15.3 Å². The maximum atomic E-state index is 13.2. The first-order valence-electron chi connectivity index (χ1n) is 9.27. The van der Waals surface area contributed by atoms with Gasteiger partial charge in [-0.2, -0.15) is 0 Å². The van der Waals surface area contributed by atoms with E-state index in [9.17, 15) is 13.6 Å². The van der Waals surface area contributed by atoms with Crippen LogP contribution in [0.2, 0.25) is 0 Å². The molecule has 0 unspecified atom stereocenters. The van der Waals surface area contributed by atoms with E-state index in [1.165, 1.54) is 40.3 Å². The number of hydrogen-bond donors (Lipinski definition) is 1. The van der Waals surface area contributed by atoms with E-state index in [0.717, 1.165) is 16.1 Å². The van der Waals surface area contributed by atoms with Crippen molar-refractivity contribution in [2.75, 3.05) is 5.32 Å². The third-order valence-corrected chi connectivity index (χ3v) is 5.02. The van der Waals surface area contributed by atoms with E-state index in [1.54, 1.807) is 37.4 Å². The molecule has 7 nitrogen and oxygen atoms in total. The number of amides is 1. The molecule has 0 aliphatic rings. The number of nitrogens with zero attached hydrogens (tertiary/aromatic N) is 4. The predicted molar refractivity (Wildman–Crippen MR) is 111 cm³/mol. The van der Waals surface area contributed by atoms with E-state index < -0.39 is 5.91 Å². The maximum Gasteiger partial charge on any atom is 0.264 e. The molecule has 0 radical (unpaired) electrons. The van der Waals surface area contributed by atoms with Crippen LogP contribution in [0.3, 0.4) is 0 Å². The Bertz CT molecular complexity index is 1190. The van der Waals surface area contributed by atoms with Crippen LogP contribution in [0.5, 0.6) is 5.88 Å². The monoisotopic (exact) mass is 441 g/mol. The molecule has 158 valence electrons. The lowest BCUT2D eigenvalue weighted by atomic mass is 10.2. The molecular formula is C21H17F2N5O2S. The Labute approximate surface area is 180 Å². The molecule has 4 rings (SSSR count). The van der Waals surface area contributed by atoms with E-state index in [0.29, 0.717) is 11.7 Å². The minimum Gasteiger partial charge on any atom is -0.471 e. The third kappa shape index (κ3) is 5.28. The molecule has 2 aromatic carbocycles. The number of anilines is 1. The first-order chi connectivity index (χ1) is 15.0. The van der Waals surface area contributed by atoms with Crippen molar-refractivity contribution < 1.29 is 18.3 Å². The van der Waals surface area contributed by atoms with Gasteiger partial charge in [0.15, 0.2) is 0 Å². The van der Waals surface area contributed by atoms with Crippen LogP contribution in [0.15, 0.2) is 54.7 Å². The number of carbonyl (C=O) groups excluding carboxylic acids is 1. The van der Waals surface area contributed by atoms with Crippen molar-refractivity contribution in [1.29, 1.82) is 0 Å². The Kier molecular flexibility index (Phi) is 5.99. The lowest BCUT2D eigenvalue weighted by Crippen LogP contribution is -2.12. The van der Waals surface area contributed by atoms with Crippen LogP contribution < -0.4 is 10.1 Å². The fraction of sp³-hybridized carbons (Fsp3) is 0.143. The summed E-state index contributed by atoms with van der Waals surface area (Å²) in [5.41, 5.74) is 1.73. The molecular weight excluding hydrogens is 424 g/mol. The summed E-state index contributed by atoms with van der Waals surface area (Å²) in [5.74, 6) is -1.01. The molecule has 0 saturated carbocycles. The molecule has 0 fully saturated rings. The number of aromatic nitrogens is 4. The summed E-state index contributed by atoms with van der Waals surface area (Å²) in [4.78, 5) is 12.8. The van der Waals surface area contributed by atoms with Gasteiger partial charge in [-0.1, -0.05) is 35.6 Å². The molecule has 0 bridgehead atoms. The molecule has 2 aromatic heterocycles. The van der Waals surface area contributed by atoms with Crippen molar-refractivity contribution in [1.82, 2.24) is 20.0 Å². The average Bonchev–Trinajstić information content (AvgIpc) is 3.35. The first kappa shape index (κ1) is 20.6. The number of rotatable bonds is 7. The molecule has 4 aromatic rings. The second kappa shape index (κ2) is 9.00. The van der Waals surface area contributed by atoms with Gasteiger partial charge in [-0.3, -0.25) is 14.8 Å². The average molecular weight is 441 g/mol. The molecule has 0 spiro atoms. The van der Waals surface area contributed by atoms with Gasteiger partial charge in [-0.05, 0) is 42.3 Å². The highest BCUT2D eigenvalue weighted by atomic mass is 32.1. The van der Waals surface area contributed by atoms with E-state index in [4.69, 9.17) is 4.74 Å². The highest BCUT2D eigenvalue weighted by Crippen LogP contribution is 2.22. The fourth-order valence-corrected chi connectivity index (χ4v) is 3.35. The van der Waals surface area contributed by atoms with Crippen LogP contribution in [0, 0.1) is 18.6 Å². The summed E-state index contributed by atoms with van der Waals surface area (Å²) in [5, 5.41) is 15.9. The highest BCUT2D eigenvalue weighted by molar-refractivity contribution is 7.15. The summed E-state index contributed by atoms with van der Waals surface area (Å²) in [6.45, 7) is 2.20. The van der Waals surface area contributed by atoms with Gasteiger partial charge >= 0.3 is 0 Å². The van der Waals surface area contributed by atoms with E-state index >= 15 is 0 Å².